The third-order valence-electron chi connectivity index (χ3n) is 4.94. The molecule has 0 bridgehead atoms. The number of nitrogens with zero attached hydrogens (tertiary/aromatic N) is 1. The molecule has 1 aliphatic rings. The molecule has 2 aromatic carbocycles. The second-order valence-corrected chi connectivity index (χ2v) is 9.09. The number of hydrogen-bond acceptors (Lipinski definition) is 6. The van der Waals surface area contributed by atoms with E-state index < -0.39 is 5.97 Å². The predicted octanol–water partition coefficient (Wildman–Crippen LogP) is 4.71. The Morgan fingerprint density at radius 3 is 2.53 bits per heavy atom. The Balaban J connectivity index is 1.55. The van der Waals surface area contributed by atoms with Crippen molar-refractivity contribution in [3.63, 3.8) is 0 Å². The van der Waals surface area contributed by atoms with Crippen LogP contribution in [0.4, 0.5) is 5.69 Å². The number of methoxy groups -OCH3 is 1. The number of carbonyl (C=O) groups is 3. The van der Waals surface area contributed by atoms with Gasteiger partial charge in [-0.3, -0.25) is 14.5 Å². The number of amides is 2. The summed E-state index contributed by atoms with van der Waals surface area (Å²) >= 11 is 6.59. The molecule has 0 unspecified atom stereocenters. The highest BCUT2D eigenvalue weighted by molar-refractivity contribution is 8.26. The number of carbonyl (C=O) groups excluding carboxylic acids is 3. The van der Waals surface area contributed by atoms with Crippen molar-refractivity contribution in [1.29, 1.82) is 0 Å². The highest BCUT2D eigenvalue weighted by atomic mass is 32.2. The Morgan fingerprint density at radius 1 is 1.16 bits per heavy atom. The lowest BCUT2D eigenvalue weighted by Gasteiger charge is -2.14. The smallest absolute Gasteiger partial charge is 0.337 e. The molecule has 1 N–H and O–H groups in total. The predicted molar refractivity (Wildman–Crippen MR) is 131 cm³/mol. The number of thiocarbonyl (C=S) groups is 1. The minimum Gasteiger partial charge on any atom is -0.465 e. The van der Waals surface area contributed by atoms with Crippen LogP contribution in [-0.4, -0.2) is 40.7 Å². The maximum Gasteiger partial charge on any atom is 0.337 e. The zero-order valence-corrected chi connectivity index (χ0v) is 19.8. The summed E-state index contributed by atoms with van der Waals surface area (Å²) in [6.07, 6.45) is 2.54. The zero-order chi connectivity index (χ0) is 23.3. The molecule has 1 aliphatic heterocycles. The molecule has 32 heavy (non-hydrogen) atoms. The summed E-state index contributed by atoms with van der Waals surface area (Å²) in [5.74, 6) is -0.681. The molecule has 1 heterocycles. The first-order valence-electron chi connectivity index (χ1n) is 10.1. The maximum absolute atomic E-state index is 12.8. The Labute approximate surface area is 197 Å². The molecule has 1 fully saturated rings. The van der Waals surface area contributed by atoms with E-state index in [4.69, 9.17) is 12.2 Å². The summed E-state index contributed by atoms with van der Waals surface area (Å²) in [4.78, 5) is 38.6. The fourth-order valence-corrected chi connectivity index (χ4v) is 4.55. The minimum atomic E-state index is -0.413. The fraction of sp³-hybridized carbons (Fsp3) is 0.250. The van der Waals surface area contributed by atoms with Crippen LogP contribution in [0, 0.1) is 13.8 Å². The van der Waals surface area contributed by atoms with E-state index >= 15 is 0 Å². The molecule has 8 heteroatoms. The number of anilines is 1. The Kier molecular flexibility index (Phi) is 7.82. The highest BCUT2D eigenvalue weighted by Gasteiger charge is 2.31. The molecular weight excluding hydrogens is 444 g/mol. The van der Waals surface area contributed by atoms with Crippen molar-refractivity contribution in [1.82, 2.24) is 4.90 Å². The van der Waals surface area contributed by atoms with Gasteiger partial charge in [0.25, 0.3) is 5.91 Å². The maximum atomic E-state index is 12.8. The van der Waals surface area contributed by atoms with Gasteiger partial charge in [0.2, 0.25) is 5.91 Å². The molecule has 0 atom stereocenters. The van der Waals surface area contributed by atoms with E-state index in [1.807, 2.05) is 32.0 Å². The van der Waals surface area contributed by atoms with Crippen molar-refractivity contribution < 1.29 is 19.1 Å². The van der Waals surface area contributed by atoms with E-state index in [0.29, 0.717) is 34.2 Å². The first-order chi connectivity index (χ1) is 15.3. The lowest BCUT2D eigenvalue weighted by molar-refractivity contribution is -0.122. The topological polar surface area (TPSA) is 75.7 Å². The lowest BCUT2D eigenvalue weighted by Crippen LogP contribution is -2.29. The summed E-state index contributed by atoms with van der Waals surface area (Å²) in [6, 6.07) is 12.7. The van der Waals surface area contributed by atoms with Gasteiger partial charge in [0.15, 0.2) is 0 Å². The van der Waals surface area contributed by atoms with Crippen LogP contribution in [0.25, 0.3) is 6.08 Å². The van der Waals surface area contributed by atoms with Crippen LogP contribution in [0.3, 0.4) is 0 Å². The first-order valence-corrected chi connectivity index (χ1v) is 11.3. The van der Waals surface area contributed by atoms with Crippen LogP contribution in [-0.2, 0) is 14.3 Å². The van der Waals surface area contributed by atoms with E-state index in [-0.39, 0.29) is 11.8 Å². The Morgan fingerprint density at radius 2 is 1.88 bits per heavy atom. The average Bonchev–Trinajstić information content (AvgIpc) is 3.03. The number of benzene rings is 2. The number of hydrogen-bond donors (Lipinski definition) is 1. The summed E-state index contributed by atoms with van der Waals surface area (Å²) in [6.45, 7) is 4.34. The molecule has 0 aromatic heterocycles. The molecule has 0 radical (unpaired) electrons. The molecule has 0 saturated carbocycles. The first kappa shape index (κ1) is 23.7. The highest BCUT2D eigenvalue weighted by Crippen LogP contribution is 2.32. The number of nitrogens with one attached hydrogen (secondary N) is 1. The fourth-order valence-electron chi connectivity index (χ4n) is 3.24. The van der Waals surface area contributed by atoms with E-state index in [1.54, 1.807) is 30.3 Å². The third kappa shape index (κ3) is 5.83. The molecule has 2 aromatic rings. The molecule has 0 spiro atoms. The van der Waals surface area contributed by atoms with E-state index in [1.165, 1.54) is 23.8 Å². The second-order valence-electron chi connectivity index (χ2n) is 7.42. The van der Waals surface area contributed by atoms with Gasteiger partial charge in [0, 0.05) is 18.7 Å². The second kappa shape index (κ2) is 10.6. The van der Waals surface area contributed by atoms with Gasteiger partial charge >= 0.3 is 5.97 Å². The van der Waals surface area contributed by atoms with Crippen molar-refractivity contribution >= 4 is 57.8 Å². The summed E-state index contributed by atoms with van der Waals surface area (Å²) < 4.78 is 5.16. The quantitative estimate of drug-likeness (QED) is 0.360. The lowest BCUT2D eigenvalue weighted by atomic mass is 10.1. The largest absolute Gasteiger partial charge is 0.465 e. The van der Waals surface area contributed by atoms with Crippen molar-refractivity contribution in [3.8, 4) is 0 Å². The van der Waals surface area contributed by atoms with Gasteiger partial charge in [0.1, 0.15) is 4.32 Å². The van der Waals surface area contributed by atoms with Crippen LogP contribution in [0.1, 0.15) is 39.9 Å². The standard InChI is InChI=1S/C24H24N2O4S2/c1-15-6-11-19(16(2)13-15)25-21(27)5-4-12-26-22(28)20(32-24(26)31)14-17-7-9-18(10-8-17)23(29)30-3/h6-11,13-14H,4-5,12H2,1-3H3,(H,25,27)/b20-14-. The van der Waals surface area contributed by atoms with Gasteiger partial charge in [0.05, 0.1) is 17.6 Å². The Hall–Kier alpha value is -2.97. The van der Waals surface area contributed by atoms with E-state index in [2.05, 4.69) is 10.1 Å². The van der Waals surface area contributed by atoms with Gasteiger partial charge in [-0.2, -0.15) is 0 Å². The van der Waals surface area contributed by atoms with Crippen molar-refractivity contribution in [3.05, 3.63) is 69.6 Å². The van der Waals surface area contributed by atoms with Crippen LogP contribution in [0.2, 0.25) is 0 Å². The normalized spacial score (nSPS) is 14.7. The van der Waals surface area contributed by atoms with Gasteiger partial charge in [-0.05, 0) is 55.7 Å². The van der Waals surface area contributed by atoms with Crippen LogP contribution in [0.5, 0.6) is 0 Å². The monoisotopic (exact) mass is 468 g/mol. The van der Waals surface area contributed by atoms with Crippen molar-refractivity contribution in [2.75, 3.05) is 19.0 Å². The molecule has 2 amide bonds. The van der Waals surface area contributed by atoms with Gasteiger partial charge in [-0.15, -0.1) is 0 Å². The third-order valence-corrected chi connectivity index (χ3v) is 6.32. The van der Waals surface area contributed by atoms with Crippen molar-refractivity contribution in [2.45, 2.75) is 26.7 Å². The molecule has 0 aliphatic carbocycles. The van der Waals surface area contributed by atoms with Crippen LogP contribution >= 0.6 is 24.0 Å². The molecular formula is C24H24N2O4S2. The van der Waals surface area contributed by atoms with Crippen LogP contribution < -0.4 is 5.32 Å². The SMILES string of the molecule is COC(=O)c1ccc(/C=C2\SC(=S)N(CCCC(=O)Nc3ccc(C)cc3C)C2=O)cc1. The van der Waals surface area contributed by atoms with Gasteiger partial charge in [-0.25, -0.2) is 4.79 Å². The Bertz CT molecular complexity index is 1090. The minimum absolute atomic E-state index is 0.0939. The van der Waals surface area contributed by atoms with Gasteiger partial charge in [-0.1, -0.05) is 53.8 Å². The van der Waals surface area contributed by atoms with Gasteiger partial charge < -0.3 is 10.1 Å². The van der Waals surface area contributed by atoms with E-state index in [9.17, 15) is 14.4 Å². The van der Waals surface area contributed by atoms with Crippen LogP contribution in [0.15, 0.2) is 47.4 Å². The number of esters is 1. The summed E-state index contributed by atoms with van der Waals surface area (Å²) in [5.41, 5.74) is 4.18. The molecule has 3 rings (SSSR count). The zero-order valence-electron chi connectivity index (χ0n) is 18.1. The molecule has 6 nitrogen and oxygen atoms in total. The average molecular weight is 469 g/mol. The number of aryl methyl sites for hydroxylation is 2. The molecule has 1 saturated heterocycles. The molecule has 166 valence electrons. The number of rotatable bonds is 7. The number of thioether (sulfide) groups is 1. The van der Waals surface area contributed by atoms with E-state index in [0.717, 1.165) is 22.4 Å². The summed E-state index contributed by atoms with van der Waals surface area (Å²) in [5, 5.41) is 2.92. The van der Waals surface area contributed by atoms with Crippen molar-refractivity contribution in [2.24, 2.45) is 0 Å². The summed E-state index contributed by atoms with van der Waals surface area (Å²) in [7, 11) is 1.33. The number of ether oxygens (including phenoxy) is 1.